The number of hydrogen-bond acceptors (Lipinski definition) is 3. The van der Waals surface area contributed by atoms with Crippen LogP contribution >= 0.6 is 11.8 Å². The molecule has 1 atom stereocenters. The molecule has 0 aliphatic carbocycles. The zero-order chi connectivity index (χ0) is 8.91. The Balaban J connectivity index is 4.13. The molecule has 1 unspecified atom stereocenters. The van der Waals surface area contributed by atoms with E-state index in [1.54, 1.807) is 0 Å². The summed E-state index contributed by atoms with van der Waals surface area (Å²) >= 11 is 1.07. The third-order valence-corrected chi connectivity index (χ3v) is 2.45. The Labute approximate surface area is 70.8 Å². The number of thioether (sulfide) groups is 1. The molecule has 0 bridgehead atoms. The van der Waals surface area contributed by atoms with Crippen LogP contribution in [0.4, 0.5) is 0 Å². The lowest BCUT2D eigenvalue weighted by Crippen LogP contribution is -2.34. The average molecular weight is 178 g/mol. The van der Waals surface area contributed by atoms with Gasteiger partial charge >= 0.3 is 5.97 Å². The highest BCUT2D eigenvalue weighted by Gasteiger charge is 2.34. The minimum Gasteiger partial charge on any atom is -0.478 e. The molecule has 0 aromatic heterocycles. The lowest BCUT2D eigenvalue weighted by molar-refractivity contribution is -0.149. The van der Waals surface area contributed by atoms with Gasteiger partial charge < -0.3 is 10.2 Å². The molecule has 0 radical (unpaired) electrons. The normalized spacial score (nSPS) is 15.9. The van der Waals surface area contributed by atoms with Crippen LogP contribution in [-0.4, -0.2) is 26.9 Å². The lowest BCUT2D eigenvalue weighted by atomic mass is 10.2. The van der Waals surface area contributed by atoms with E-state index in [4.69, 9.17) is 5.11 Å². The van der Waals surface area contributed by atoms with Gasteiger partial charge in [-0.25, -0.2) is 4.79 Å². The third-order valence-electron chi connectivity index (χ3n) is 1.31. The van der Waals surface area contributed by atoms with Crippen LogP contribution in [0.1, 0.15) is 26.7 Å². The average Bonchev–Trinajstić information content (AvgIpc) is 1.88. The molecular weight excluding hydrogens is 164 g/mol. The van der Waals surface area contributed by atoms with Crippen LogP contribution in [0.15, 0.2) is 0 Å². The van der Waals surface area contributed by atoms with Gasteiger partial charge in [0.25, 0.3) is 0 Å². The van der Waals surface area contributed by atoms with Gasteiger partial charge in [-0.1, -0.05) is 20.3 Å². The zero-order valence-corrected chi connectivity index (χ0v) is 7.65. The van der Waals surface area contributed by atoms with E-state index in [0.29, 0.717) is 18.6 Å². The molecule has 0 aliphatic rings. The second kappa shape index (κ2) is 4.62. The molecule has 2 N–H and O–H groups in total. The van der Waals surface area contributed by atoms with Crippen molar-refractivity contribution in [3.8, 4) is 0 Å². The van der Waals surface area contributed by atoms with Crippen molar-refractivity contribution in [1.29, 1.82) is 0 Å². The van der Waals surface area contributed by atoms with E-state index in [2.05, 4.69) is 0 Å². The van der Waals surface area contributed by atoms with Gasteiger partial charge in [0.1, 0.15) is 0 Å². The van der Waals surface area contributed by atoms with Crippen molar-refractivity contribution in [3.63, 3.8) is 0 Å². The van der Waals surface area contributed by atoms with Gasteiger partial charge in [-0.05, 0) is 12.2 Å². The second-order valence-electron chi connectivity index (χ2n) is 2.27. The molecule has 0 saturated carbocycles. The Morgan fingerprint density at radius 3 is 2.36 bits per heavy atom. The fraction of sp³-hybridized carbons (Fsp3) is 0.857. The maximum Gasteiger partial charge on any atom is 0.346 e. The fourth-order valence-corrected chi connectivity index (χ4v) is 1.77. The van der Waals surface area contributed by atoms with Crippen molar-refractivity contribution < 1.29 is 15.0 Å². The summed E-state index contributed by atoms with van der Waals surface area (Å²) in [5.41, 5.74) is 0. The summed E-state index contributed by atoms with van der Waals surface area (Å²) in [5, 5.41) is 18.1. The van der Waals surface area contributed by atoms with Gasteiger partial charge in [0.2, 0.25) is 4.93 Å². The number of carbonyl (C=O) groups is 1. The third kappa shape index (κ3) is 3.12. The molecule has 0 rings (SSSR count). The first-order chi connectivity index (χ1) is 5.06. The van der Waals surface area contributed by atoms with E-state index in [1.807, 2.05) is 13.8 Å². The summed E-state index contributed by atoms with van der Waals surface area (Å²) < 4.78 is 0. The van der Waals surface area contributed by atoms with Crippen LogP contribution < -0.4 is 0 Å². The predicted molar refractivity (Wildman–Crippen MR) is 45.6 cm³/mol. The molecule has 0 amide bonds. The summed E-state index contributed by atoms with van der Waals surface area (Å²) in [6, 6.07) is 0. The summed E-state index contributed by atoms with van der Waals surface area (Å²) in [4.78, 5) is 8.96. The smallest absolute Gasteiger partial charge is 0.346 e. The highest BCUT2D eigenvalue weighted by atomic mass is 32.2. The standard InChI is InChI=1S/C7H14O3S/c1-3-5-7(10,6(8)9)11-4-2/h10H,3-5H2,1-2H3,(H,8,9). The van der Waals surface area contributed by atoms with E-state index in [9.17, 15) is 9.90 Å². The highest BCUT2D eigenvalue weighted by molar-refractivity contribution is 8.01. The fourth-order valence-electron chi connectivity index (χ4n) is 0.818. The van der Waals surface area contributed by atoms with Gasteiger partial charge in [0.05, 0.1) is 0 Å². The maximum absolute atomic E-state index is 10.5. The number of aliphatic carboxylic acids is 1. The minimum absolute atomic E-state index is 0.306. The maximum atomic E-state index is 10.5. The minimum atomic E-state index is -1.57. The van der Waals surface area contributed by atoms with Crippen molar-refractivity contribution >= 4 is 17.7 Å². The number of aliphatic hydroxyl groups is 1. The lowest BCUT2D eigenvalue weighted by Gasteiger charge is -2.20. The first-order valence-electron chi connectivity index (χ1n) is 3.66. The molecule has 0 saturated heterocycles. The number of carboxylic acid groups (broad SMARTS) is 1. The Kier molecular flexibility index (Phi) is 4.52. The molecule has 0 heterocycles. The van der Waals surface area contributed by atoms with Crippen LogP contribution in [-0.2, 0) is 4.79 Å². The summed E-state index contributed by atoms with van der Waals surface area (Å²) in [7, 11) is 0. The van der Waals surface area contributed by atoms with Crippen molar-refractivity contribution in [1.82, 2.24) is 0 Å². The molecule has 0 aromatic rings. The first-order valence-corrected chi connectivity index (χ1v) is 4.65. The van der Waals surface area contributed by atoms with E-state index in [1.165, 1.54) is 0 Å². The van der Waals surface area contributed by atoms with Crippen molar-refractivity contribution in [2.45, 2.75) is 31.6 Å². The molecule has 0 spiro atoms. The van der Waals surface area contributed by atoms with Gasteiger partial charge in [-0.3, -0.25) is 0 Å². The predicted octanol–water partition coefficient (Wildman–Crippen LogP) is 1.31. The Morgan fingerprint density at radius 1 is 1.55 bits per heavy atom. The van der Waals surface area contributed by atoms with E-state index < -0.39 is 10.9 Å². The second-order valence-corrected chi connectivity index (χ2v) is 3.81. The molecule has 3 nitrogen and oxygen atoms in total. The molecular formula is C7H14O3S. The van der Waals surface area contributed by atoms with Gasteiger partial charge in [0, 0.05) is 0 Å². The van der Waals surface area contributed by atoms with Crippen LogP contribution in [0.2, 0.25) is 0 Å². The Hall–Kier alpha value is -0.220. The van der Waals surface area contributed by atoms with Gasteiger partial charge in [-0.2, -0.15) is 0 Å². The topological polar surface area (TPSA) is 57.5 Å². The van der Waals surface area contributed by atoms with Gasteiger partial charge in [0.15, 0.2) is 0 Å². The number of rotatable bonds is 5. The first kappa shape index (κ1) is 10.8. The molecule has 4 heteroatoms. The van der Waals surface area contributed by atoms with Crippen LogP contribution in [0, 0.1) is 0 Å². The molecule has 66 valence electrons. The van der Waals surface area contributed by atoms with Crippen LogP contribution in [0.25, 0.3) is 0 Å². The molecule has 11 heavy (non-hydrogen) atoms. The highest BCUT2D eigenvalue weighted by Crippen LogP contribution is 2.27. The van der Waals surface area contributed by atoms with Crippen molar-refractivity contribution in [3.05, 3.63) is 0 Å². The van der Waals surface area contributed by atoms with Crippen LogP contribution in [0.3, 0.4) is 0 Å². The number of carboxylic acids is 1. The summed E-state index contributed by atoms with van der Waals surface area (Å²) in [6.45, 7) is 3.68. The van der Waals surface area contributed by atoms with E-state index >= 15 is 0 Å². The Morgan fingerprint density at radius 2 is 2.09 bits per heavy atom. The molecule has 0 aromatic carbocycles. The van der Waals surface area contributed by atoms with E-state index in [-0.39, 0.29) is 0 Å². The summed E-state index contributed by atoms with van der Waals surface area (Å²) in [5.74, 6) is -0.519. The van der Waals surface area contributed by atoms with Crippen molar-refractivity contribution in [2.75, 3.05) is 5.75 Å². The number of hydrogen-bond donors (Lipinski definition) is 2. The van der Waals surface area contributed by atoms with E-state index in [0.717, 1.165) is 11.8 Å². The van der Waals surface area contributed by atoms with Gasteiger partial charge in [-0.15, -0.1) is 11.8 Å². The zero-order valence-electron chi connectivity index (χ0n) is 6.83. The monoisotopic (exact) mass is 178 g/mol. The largest absolute Gasteiger partial charge is 0.478 e. The van der Waals surface area contributed by atoms with Crippen LogP contribution in [0.5, 0.6) is 0 Å². The molecule has 0 aliphatic heterocycles. The molecule has 0 fully saturated rings. The summed E-state index contributed by atoms with van der Waals surface area (Å²) in [6.07, 6.45) is 0.983. The van der Waals surface area contributed by atoms with Crippen molar-refractivity contribution in [2.24, 2.45) is 0 Å². The quantitative estimate of drug-likeness (QED) is 0.623. The Bertz CT molecular complexity index is 130. The SMILES string of the molecule is CCCC(O)(SCC)C(=O)O.